The first-order chi connectivity index (χ1) is 10.6. The molecule has 2 aromatic carbocycles. The summed E-state index contributed by atoms with van der Waals surface area (Å²) >= 11 is 0.430. The molecule has 0 spiro atoms. The first kappa shape index (κ1) is 17.7. The quantitative estimate of drug-likeness (QED) is 0.377. The Bertz CT molecular complexity index is 714. The number of thioether (sulfide) groups is 1. The van der Waals surface area contributed by atoms with Crippen LogP contribution in [0.25, 0.3) is 11.1 Å². The zero-order valence-electron chi connectivity index (χ0n) is 11.6. The Morgan fingerprint density at radius 3 is 1.96 bits per heavy atom. The summed E-state index contributed by atoms with van der Waals surface area (Å²) in [6.45, 7) is 1.41. The predicted octanol–water partition coefficient (Wildman–Crippen LogP) is 5.87. The maximum absolute atomic E-state index is 14.0. The van der Waals surface area contributed by atoms with E-state index in [-0.39, 0.29) is 21.6 Å². The lowest BCUT2D eigenvalue weighted by molar-refractivity contribution is -0.105. The molecule has 0 aromatic heterocycles. The third-order valence-corrected chi connectivity index (χ3v) is 4.17. The zero-order chi connectivity index (χ0) is 17.4. The molecule has 0 N–H and O–H groups in total. The molecule has 0 fully saturated rings. The molecule has 0 nitrogen and oxygen atoms in total. The van der Waals surface area contributed by atoms with Gasteiger partial charge in [-0.25, -0.2) is 17.6 Å². The Morgan fingerprint density at radius 2 is 1.43 bits per heavy atom. The molecule has 0 aliphatic rings. The molecule has 0 atom stereocenters. The van der Waals surface area contributed by atoms with Crippen molar-refractivity contribution < 1.29 is 30.7 Å². The van der Waals surface area contributed by atoms with Gasteiger partial charge in [-0.1, -0.05) is 0 Å². The molecule has 23 heavy (non-hydrogen) atoms. The van der Waals surface area contributed by atoms with Gasteiger partial charge in [-0.2, -0.15) is 13.2 Å². The monoisotopic (exact) mass is 354 g/mol. The fourth-order valence-electron chi connectivity index (χ4n) is 1.90. The molecule has 0 saturated carbocycles. The fraction of sp³-hybridized carbons (Fsp3) is 0.200. The Kier molecular flexibility index (Phi) is 4.93. The summed E-state index contributed by atoms with van der Waals surface area (Å²) in [6.07, 6.45) is -4.42. The Hall–Kier alpha value is -1.70. The molecule has 0 heterocycles. The normalized spacial score (nSPS) is 11.8. The van der Waals surface area contributed by atoms with Gasteiger partial charge in [-0.15, -0.1) is 11.8 Å². The molecule has 0 bridgehead atoms. The molecule has 0 saturated heterocycles. The summed E-state index contributed by atoms with van der Waals surface area (Å²) in [5.41, 5.74) is -0.352. The summed E-state index contributed by atoms with van der Waals surface area (Å²) < 4.78 is 90.3. The molecular weight excluding hydrogens is 345 g/mol. The number of halogens is 7. The standard InChI is InChI=1S/C15H9F7S/c1-7-2-10(16)9(5-13(7)23-6-15(20,21)22)8-3-11(17)14(19)12(18)4-8/h2-5H,6H2,1H3. The molecule has 2 rings (SSSR count). The van der Waals surface area contributed by atoms with Gasteiger partial charge in [0, 0.05) is 10.5 Å². The summed E-state index contributed by atoms with van der Waals surface area (Å²) in [7, 11) is 0. The van der Waals surface area contributed by atoms with Crippen LogP contribution in [0, 0.1) is 30.2 Å². The van der Waals surface area contributed by atoms with Crippen molar-refractivity contribution >= 4 is 11.8 Å². The molecule has 0 aliphatic heterocycles. The van der Waals surface area contributed by atoms with E-state index < -0.39 is 35.2 Å². The van der Waals surface area contributed by atoms with Crippen LogP contribution >= 0.6 is 11.8 Å². The lowest BCUT2D eigenvalue weighted by atomic mass is 10.0. The third-order valence-electron chi connectivity index (χ3n) is 2.95. The second-order valence-electron chi connectivity index (χ2n) is 4.76. The zero-order valence-corrected chi connectivity index (χ0v) is 12.4. The van der Waals surface area contributed by atoms with E-state index in [2.05, 4.69) is 0 Å². The van der Waals surface area contributed by atoms with Gasteiger partial charge in [-0.3, -0.25) is 0 Å². The van der Waals surface area contributed by atoms with Crippen molar-refractivity contribution in [3.8, 4) is 11.1 Å². The molecule has 0 unspecified atom stereocenters. The number of alkyl halides is 3. The number of rotatable bonds is 3. The van der Waals surface area contributed by atoms with Crippen molar-refractivity contribution in [3.63, 3.8) is 0 Å². The van der Waals surface area contributed by atoms with E-state index in [4.69, 9.17) is 0 Å². The van der Waals surface area contributed by atoms with E-state index in [0.29, 0.717) is 23.9 Å². The summed E-state index contributed by atoms with van der Waals surface area (Å²) in [5, 5.41) is 0. The highest BCUT2D eigenvalue weighted by molar-refractivity contribution is 7.99. The van der Waals surface area contributed by atoms with Crippen LogP contribution in [0.2, 0.25) is 0 Å². The largest absolute Gasteiger partial charge is 0.398 e. The van der Waals surface area contributed by atoms with Gasteiger partial charge in [0.25, 0.3) is 0 Å². The fourth-order valence-corrected chi connectivity index (χ4v) is 2.71. The summed E-state index contributed by atoms with van der Waals surface area (Å²) in [4.78, 5) is 0.115. The highest BCUT2D eigenvalue weighted by atomic mass is 32.2. The van der Waals surface area contributed by atoms with E-state index >= 15 is 0 Å². The van der Waals surface area contributed by atoms with E-state index in [1.54, 1.807) is 0 Å². The van der Waals surface area contributed by atoms with Crippen LogP contribution < -0.4 is 0 Å². The van der Waals surface area contributed by atoms with E-state index in [0.717, 1.165) is 12.1 Å². The first-order valence-corrected chi connectivity index (χ1v) is 7.21. The van der Waals surface area contributed by atoms with E-state index in [9.17, 15) is 30.7 Å². The molecule has 0 amide bonds. The smallest absolute Gasteiger partial charge is 0.206 e. The number of hydrogen-bond acceptors (Lipinski definition) is 1. The van der Waals surface area contributed by atoms with Gasteiger partial charge in [-0.05, 0) is 42.3 Å². The van der Waals surface area contributed by atoms with Gasteiger partial charge >= 0.3 is 6.18 Å². The molecule has 124 valence electrons. The van der Waals surface area contributed by atoms with Gasteiger partial charge in [0.1, 0.15) is 5.82 Å². The third kappa shape index (κ3) is 4.19. The van der Waals surface area contributed by atoms with Gasteiger partial charge in [0.15, 0.2) is 17.5 Å². The molecule has 0 radical (unpaired) electrons. The highest BCUT2D eigenvalue weighted by Crippen LogP contribution is 2.35. The predicted molar refractivity (Wildman–Crippen MR) is 73.2 cm³/mol. The van der Waals surface area contributed by atoms with Crippen molar-refractivity contribution in [2.75, 3.05) is 5.75 Å². The average molecular weight is 354 g/mol. The Labute approximate surface area is 131 Å². The van der Waals surface area contributed by atoms with Gasteiger partial charge in [0.05, 0.1) is 5.75 Å². The Morgan fingerprint density at radius 1 is 0.870 bits per heavy atom. The molecular formula is C15H9F7S. The molecule has 2 aromatic rings. The van der Waals surface area contributed by atoms with Crippen LogP contribution in [0.4, 0.5) is 30.7 Å². The summed E-state index contributed by atoms with van der Waals surface area (Å²) in [5.74, 6) is -6.78. The van der Waals surface area contributed by atoms with E-state index in [1.165, 1.54) is 6.92 Å². The minimum absolute atomic E-state index is 0.115. The lowest BCUT2D eigenvalue weighted by Crippen LogP contribution is -2.10. The highest BCUT2D eigenvalue weighted by Gasteiger charge is 2.28. The van der Waals surface area contributed by atoms with Crippen LogP contribution in [0.15, 0.2) is 29.2 Å². The van der Waals surface area contributed by atoms with Gasteiger partial charge < -0.3 is 0 Å². The first-order valence-electron chi connectivity index (χ1n) is 6.23. The van der Waals surface area contributed by atoms with Crippen LogP contribution in [0.5, 0.6) is 0 Å². The molecule has 8 heteroatoms. The van der Waals surface area contributed by atoms with Crippen LogP contribution in [-0.4, -0.2) is 11.9 Å². The maximum atomic E-state index is 14.0. The van der Waals surface area contributed by atoms with Crippen LogP contribution in [0.3, 0.4) is 0 Å². The SMILES string of the molecule is Cc1cc(F)c(-c2cc(F)c(F)c(F)c2)cc1SCC(F)(F)F. The van der Waals surface area contributed by atoms with Crippen molar-refractivity contribution in [1.29, 1.82) is 0 Å². The van der Waals surface area contributed by atoms with Crippen molar-refractivity contribution in [2.45, 2.75) is 18.0 Å². The number of benzene rings is 2. The maximum Gasteiger partial charge on any atom is 0.398 e. The number of aryl methyl sites for hydroxylation is 1. The van der Waals surface area contributed by atoms with Crippen molar-refractivity contribution in [3.05, 3.63) is 53.1 Å². The second-order valence-corrected chi connectivity index (χ2v) is 5.77. The van der Waals surface area contributed by atoms with E-state index in [1.807, 2.05) is 0 Å². The average Bonchev–Trinajstić information content (AvgIpc) is 2.42. The van der Waals surface area contributed by atoms with Crippen LogP contribution in [-0.2, 0) is 0 Å². The lowest BCUT2D eigenvalue weighted by Gasteiger charge is -2.12. The minimum atomic E-state index is -4.42. The van der Waals surface area contributed by atoms with Crippen LogP contribution in [0.1, 0.15) is 5.56 Å². The van der Waals surface area contributed by atoms with Gasteiger partial charge in [0.2, 0.25) is 0 Å². The minimum Gasteiger partial charge on any atom is -0.206 e. The number of hydrogen-bond donors (Lipinski definition) is 0. The molecule has 0 aliphatic carbocycles. The Balaban J connectivity index is 2.47. The topological polar surface area (TPSA) is 0 Å². The van der Waals surface area contributed by atoms with Crippen molar-refractivity contribution in [1.82, 2.24) is 0 Å². The second kappa shape index (κ2) is 6.43. The summed E-state index contributed by atoms with van der Waals surface area (Å²) in [6, 6.07) is 3.20. The van der Waals surface area contributed by atoms with Crippen molar-refractivity contribution in [2.24, 2.45) is 0 Å².